The lowest BCUT2D eigenvalue weighted by Gasteiger charge is -2.40. The molecule has 1 spiro atoms. The van der Waals surface area contributed by atoms with Gasteiger partial charge in [0, 0.05) is 24.1 Å². The molecule has 148 valence electrons. The molecule has 1 saturated heterocycles. The number of nitrogens with one attached hydrogen (secondary N) is 2. The quantitative estimate of drug-likeness (QED) is 0.723. The van der Waals surface area contributed by atoms with Gasteiger partial charge in [-0.05, 0) is 49.2 Å². The smallest absolute Gasteiger partial charge is 0.253 e. The molecule has 2 N–H and O–H groups in total. The number of hydrogen-bond acceptors (Lipinski definition) is 4. The summed E-state index contributed by atoms with van der Waals surface area (Å²) in [7, 11) is 1.76. The first-order valence-corrected chi connectivity index (χ1v) is 10.2. The fraction of sp³-hybridized carbons (Fsp3) is 0.333. The van der Waals surface area contributed by atoms with Gasteiger partial charge in [-0.2, -0.15) is 0 Å². The van der Waals surface area contributed by atoms with Crippen LogP contribution in [0.2, 0.25) is 0 Å². The first-order chi connectivity index (χ1) is 14.2. The highest BCUT2D eigenvalue weighted by Gasteiger charge is 2.53. The van der Waals surface area contributed by atoms with Crippen LogP contribution in [0.1, 0.15) is 40.4 Å². The highest BCUT2D eigenvalue weighted by Crippen LogP contribution is 2.51. The van der Waals surface area contributed by atoms with E-state index >= 15 is 0 Å². The molecular formula is C24H25N3O2. The Morgan fingerprint density at radius 1 is 1.14 bits per heavy atom. The van der Waals surface area contributed by atoms with Crippen LogP contribution in [0, 0.1) is 0 Å². The number of benzene rings is 2. The van der Waals surface area contributed by atoms with Gasteiger partial charge in [0.05, 0.1) is 23.2 Å². The molecule has 1 amide bonds. The average Bonchev–Trinajstić information content (AvgIpc) is 3.02. The SMILES string of the molecule is CO[C@H]1[C@H](NC(=O)c2cnc3ccccc3c2)c2ccccc2C12CCNCC2. The van der Waals surface area contributed by atoms with Gasteiger partial charge in [-0.15, -0.1) is 0 Å². The maximum absolute atomic E-state index is 13.2. The molecule has 5 rings (SSSR count). The topological polar surface area (TPSA) is 63.2 Å². The van der Waals surface area contributed by atoms with Gasteiger partial charge in [0.25, 0.3) is 5.91 Å². The zero-order valence-corrected chi connectivity index (χ0v) is 16.5. The van der Waals surface area contributed by atoms with Gasteiger partial charge >= 0.3 is 0 Å². The number of amides is 1. The fourth-order valence-electron chi connectivity index (χ4n) is 5.22. The maximum atomic E-state index is 13.2. The van der Waals surface area contributed by atoms with E-state index in [1.807, 2.05) is 36.4 Å². The minimum absolute atomic E-state index is 0.0594. The number of ether oxygens (including phenoxy) is 1. The molecule has 1 fully saturated rings. The number of rotatable bonds is 3. The predicted molar refractivity (Wildman–Crippen MR) is 113 cm³/mol. The van der Waals surface area contributed by atoms with Crippen LogP contribution in [0.3, 0.4) is 0 Å². The minimum atomic E-state index is -0.173. The molecule has 3 aromatic rings. The van der Waals surface area contributed by atoms with E-state index in [1.165, 1.54) is 11.1 Å². The monoisotopic (exact) mass is 387 g/mol. The van der Waals surface area contributed by atoms with Gasteiger partial charge in [0.2, 0.25) is 0 Å². The van der Waals surface area contributed by atoms with Crippen LogP contribution in [0.5, 0.6) is 0 Å². The molecule has 1 aromatic heterocycles. The van der Waals surface area contributed by atoms with E-state index in [-0.39, 0.29) is 23.5 Å². The van der Waals surface area contributed by atoms with Crippen molar-refractivity contribution >= 4 is 16.8 Å². The summed E-state index contributed by atoms with van der Waals surface area (Å²) in [5.41, 5.74) is 3.88. The number of para-hydroxylation sites is 1. The summed E-state index contributed by atoms with van der Waals surface area (Å²) in [6, 6.07) is 18.0. The van der Waals surface area contributed by atoms with Crippen molar-refractivity contribution in [2.45, 2.75) is 30.4 Å². The second-order valence-corrected chi connectivity index (χ2v) is 8.02. The van der Waals surface area contributed by atoms with Crippen LogP contribution in [-0.4, -0.2) is 37.2 Å². The number of methoxy groups -OCH3 is 1. The molecule has 2 atom stereocenters. The Kier molecular flexibility index (Phi) is 4.57. The standard InChI is InChI=1S/C24H25N3O2/c1-29-22-21(18-7-3-4-8-19(18)24(22)10-12-25-13-11-24)27-23(28)17-14-16-6-2-5-9-20(16)26-15-17/h2-9,14-15,21-22,25H,10-13H2,1H3,(H,27,28)/t21-,22+/m1/s1. The van der Waals surface area contributed by atoms with Crippen molar-refractivity contribution in [3.05, 3.63) is 77.5 Å². The first-order valence-electron chi connectivity index (χ1n) is 10.2. The predicted octanol–water partition coefficient (Wildman–Crippen LogP) is 3.36. The number of carbonyl (C=O) groups is 1. The van der Waals surface area contributed by atoms with Crippen LogP contribution >= 0.6 is 0 Å². The van der Waals surface area contributed by atoms with E-state index in [9.17, 15) is 4.79 Å². The van der Waals surface area contributed by atoms with Crippen LogP contribution in [-0.2, 0) is 10.2 Å². The summed E-state index contributed by atoms with van der Waals surface area (Å²) in [6.07, 6.45) is 3.58. The number of nitrogens with zero attached hydrogens (tertiary/aromatic N) is 1. The molecule has 5 heteroatoms. The van der Waals surface area contributed by atoms with Crippen LogP contribution in [0.25, 0.3) is 10.9 Å². The van der Waals surface area contributed by atoms with Gasteiger partial charge in [-0.1, -0.05) is 42.5 Å². The highest BCUT2D eigenvalue weighted by molar-refractivity contribution is 5.97. The number of fused-ring (bicyclic) bond motifs is 3. The maximum Gasteiger partial charge on any atom is 0.253 e. The molecule has 0 unspecified atom stereocenters. The lowest BCUT2D eigenvalue weighted by atomic mass is 9.72. The van der Waals surface area contributed by atoms with Crippen LogP contribution in [0.4, 0.5) is 0 Å². The number of aromatic nitrogens is 1. The largest absolute Gasteiger partial charge is 0.378 e. The Balaban J connectivity index is 1.50. The lowest BCUT2D eigenvalue weighted by Crippen LogP contribution is -2.49. The second-order valence-electron chi connectivity index (χ2n) is 8.02. The normalized spacial score (nSPS) is 22.5. The van der Waals surface area contributed by atoms with Gasteiger partial charge in [-0.25, -0.2) is 0 Å². The number of piperidine rings is 1. The van der Waals surface area contributed by atoms with Crippen molar-refractivity contribution in [3.63, 3.8) is 0 Å². The molecule has 2 heterocycles. The molecule has 5 nitrogen and oxygen atoms in total. The molecular weight excluding hydrogens is 362 g/mol. The van der Waals surface area contributed by atoms with Crippen LogP contribution < -0.4 is 10.6 Å². The van der Waals surface area contributed by atoms with Gasteiger partial charge < -0.3 is 15.4 Å². The molecule has 0 bridgehead atoms. The average molecular weight is 387 g/mol. The van der Waals surface area contributed by atoms with E-state index in [2.05, 4.69) is 33.8 Å². The Morgan fingerprint density at radius 3 is 2.72 bits per heavy atom. The zero-order valence-electron chi connectivity index (χ0n) is 16.5. The van der Waals surface area contributed by atoms with E-state index in [1.54, 1.807) is 13.3 Å². The van der Waals surface area contributed by atoms with Crippen LogP contribution in [0.15, 0.2) is 60.8 Å². The van der Waals surface area contributed by atoms with E-state index in [0.29, 0.717) is 5.56 Å². The lowest BCUT2D eigenvalue weighted by molar-refractivity contribution is 0.00397. The van der Waals surface area contributed by atoms with Crippen molar-refractivity contribution in [2.24, 2.45) is 0 Å². The Hall–Kier alpha value is -2.76. The zero-order chi connectivity index (χ0) is 19.8. The second kappa shape index (κ2) is 7.25. The Morgan fingerprint density at radius 2 is 1.90 bits per heavy atom. The van der Waals surface area contributed by atoms with Gasteiger partial charge in [-0.3, -0.25) is 9.78 Å². The first kappa shape index (κ1) is 18.3. The Labute approximate surface area is 170 Å². The summed E-state index contributed by atoms with van der Waals surface area (Å²) < 4.78 is 6.05. The van der Waals surface area contributed by atoms with Crippen molar-refractivity contribution in [1.82, 2.24) is 15.6 Å². The summed E-state index contributed by atoms with van der Waals surface area (Å²) in [5, 5.41) is 7.69. The summed E-state index contributed by atoms with van der Waals surface area (Å²) >= 11 is 0. The summed E-state index contributed by atoms with van der Waals surface area (Å²) in [6.45, 7) is 1.92. The molecule has 2 aromatic carbocycles. The molecule has 1 aliphatic carbocycles. The molecule has 0 saturated carbocycles. The van der Waals surface area contributed by atoms with Gasteiger partial charge in [0.15, 0.2) is 0 Å². The van der Waals surface area contributed by atoms with E-state index < -0.39 is 0 Å². The highest BCUT2D eigenvalue weighted by atomic mass is 16.5. The van der Waals surface area contributed by atoms with E-state index in [4.69, 9.17) is 4.74 Å². The third kappa shape index (κ3) is 2.93. The van der Waals surface area contributed by atoms with Gasteiger partial charge in [0.1, 0.15) is 0 Å². The number of carbonyl (C=O) groups excluding carboxylic acids is 1. The molecule has 2 aliphatic rings. The molecule has 1 aliphatic heterocycles. The van der Waals surface area contributed by atoms with Crippen molar-refractivity contribution in [1.29, 1.82) is 0 Å². The summed E-state index contributed by atoms with van der Waals surface area (Å²) in [5.74, 6) is -0.115. The van der Waals surface area contributed by atoms with Crippen molar-refractivity contribution < 1.29 is 9.53 Å². The minimum Gasteiger partial charge on any atom is -0.378 e. The van der Waals surface area contributed by atoms with Crippen molar-refractivity contribution in [3.8, 4) is 0 Å². The number of hydrogen-bond donors (Lipinski definition) is 2. The fourth-order valence-corrected chi connectivity index (χ4v) is 5.22. The molecule has 0 radical (unpaired) electrons. The van der Waals surface area contributed by atoms with Crippen molar-refractivity contribution in [2.75, 3.05) is 20.2 Å². The number of pyridine rings is 1. The third-order valence-corrected chi connectivity index (χ3v) is 6.57. The summed E-state index contributed by atoms with van der Waals surface area (Å²) in [4.78, 5) is 17.6. The molecule has 29 heavy (non-hydrogen) atoms. The van der Waals surface area contributed by atoms with E-state index in [0.717, 1.165) is 36.8 Å². The third-order valence-electron chi connectivity index (χ3n) is 6.57. The Bertz CT molecular complexity index is 1060.